The molecule has 1 aliphatic rings. The molecule has 176 valence electrons. The molecular weight excluding hydrogens is 476 g/mol. The van der Waals surface area contributed by atoms with Crippen molar-refractivity contribution in [1.29, 1.82) is 0 Å². The second-order valence-electron chi connectivity index (χ2n) is 7.55. The minimum Gasteiger partial charge on any atom is -0.486 e. The van der Waals surface area contributed by atoms with Gasteiger partial charge in [0.2, 0.25) is 0 Å². The van der Waals surface area contributed by atoms with E-state index in [1.807, 2.05) is 36.4 Å². The van der Waals surface area contributed by atoms with Gasteiger partial charge < -0.3 is 14.8 Å². The molecule has 0 saturated carbocycles. The van der Waals surface area contributed by atoms with E-state index in [4.69, 9.17) is 21.1 Å². The molecule has 0 aromatic heterocycles. The molecule has 4 rings (SSSR count). The number of halogens is 1. The predicted molar refractivity (Wildman–Crippen MR) is 133 cm³/mol. The zero-order valence-corrected chi connectivity index (χ0v) is 19.7. The Morgan fingerprint density at radius 3 is 2.50 bits per heavy atom. The highest BCUT2D eigenvalue weighted by Crippen LogP contribution is 2.38. The van der Waals surface area contributed by atoms with Gasteiger partial charge in [0.05, 0.1) is 10.4 Å². The van der Waals surface area contributed by atoms with Crippen LogP contribution in [0.15, 0.2) is 72.1 Å². The molecule has 7 nitrogen and oxygen atoms in total. The van der Waals surface area contributed by atoms with Gasteiger partial charge in [0.1, 0.15) is 13.2 Å². The van der Waals surface area contributed by atoms with E-state index in [1.54, 1.807) is 30.3 Å². The van der Waals surface area contributed by atoms with Crippen LogP contribution in [0.5, 0.6) is 11.5 Å². The number of amides is 1. The number of rotatable bonds is 8. The van der Waals surface area contributed by atoms with Crippen molar-refractivity contribution < 1.29 is 22.7 Å². The lowest BCUT2D eigenvalue weighted by Crippen LogP contribution is -2.25. The normalized spacial score (nSPS) is 13.0. The zero-order valence-electron chi connectivity index (χ0n) is 18.2. The monoisotopic (exact) mass is 498 g/mol. The second kappa shape index (κ2) is 10.6. The van der Waals surface area contributed by atoms with E-state index in [0.717, 1.165) is 16.5 Å². The van der Waals surface area contributed by atoms with Gasteiger partial charge >= 0.3 is 0 Å². The highest BCUT2D eigenvalue weighted by atomic mass is 35.5. The highest BCUT2D eigenvalue weighted by molar-refractivity contribution is 7.95. The number of hydrogen-bond acceptors (Lipinski definition) is 5. The Hall–Kier alpha value is -3.49. The fraction of sp³-hybridized carbons (Fsp3) is 0.160. The second-order valence-corrected chi connectivity index (χ2v) is 9.52. The van der Waals surface area contributed by atoms with Gasteiger partial charge in [-0.25, -0.2) is 8.42 Å². The fourth-order valence-corrected chi connectivity index (χ4v) is 4.51. The minimum atomic E-state index is -3.68. The van der Waals surface area contributed by atoms with Crippen molar-refractivity contribution >= 4 is 39.3 Å². The third-order valence-corrected chi connectivity index (χ3v) is 6.30. The average Bonchev–Trinajstić information content (AvgIpc) is 2.84. The molecule has 0 radical (unpaired) electrons. The summed E-state index contributed by atoms with van der Waals surface area (Å²) in [5.41, 5.74) is 2.48. The van der Waals surface area contributed by atoms with Crippen LogP contribution in [0, 0.1) is 0 Å². The van der Waals surface area contributed by atoms with Crippen molar-refractivity contribution in [3.63, 3.8) is 0 Å². The van der Waals surface area contributed by atoms with E-state index in [-0.39, 0.29) is 5.91 Å². The third-order valence-electron chi connectivity index (χ3n) is 5.00. The largest absolute Gasteiger partial charge is 0.486 e. The van der Waals surface area contributed by atoms with Crippen LogP contribution in [0.3, 0.4) is 0 Å². The molecule has 0 saturated heterocycles. The predicted octanol–water partition coefficient (Wildman–Crippen LogP) is 4.50. The third kappa shape index (κ3) is 6.30. The number of carbonyl (C=O) groups excluding carboxylic acids is 1. The Morgan fingerprint density at radius 1 is 1.00 bits per heavy atom. The molecule has 0 atom stereocenters. The molecule has 0 aliphatic carbocycles. The lowest BCUT2D eigenvalue weighted by atomic mass is 10.1. The van der Waals surface area contributed by atoms with Gasteiger partial charge in [-0.15, -0.1) is 0 Å². The Balaban J connectivity index is 1.30. The average molecular weight is 499 g/mol. The maximum Gasteiger partial charge on any atom is 0.255 e. The summed E-state index contributed by atoms with van der Waals surface area (Å²) in [4.78, 5) is 12.5. The number of anilines is 1. The Bertz CT molecular complexity index is 1290. The van der Waals surface area contributed by atoms with Crippen molar-refractivity contribution in [2.75, 3.05) is 24.5 Å². The first-order valence-electron chi connectivity index (χ1n) is 10.6. The molecule has 2 N–H and O–H groups in total. The Kier molecular flexibility index (Phi) is 7.40. The zero-order chi connectivity index (χ0) is 24.0. The molecule has 3 aromatic carbocycles. The molecule has 9 heteroatoms. The molecule has 1 amide bonds. The van der Waals surface area contributed by atoms with E-state index in [0.29, 0.717) is 54.0 Å². The van der Waals surface area contributed by atoms with Gasteiger partial charge in [-0.2, -0.15) is 0 Å². The van der Waals surface area contributed by atoms with Crippen LogP contribution in [-0.4, -0.2) is 34.1 Å². The van der Waals surface area contributed by atoms with Gasteiger partial charge in [0.25, 0.3) is 15.9 Å². The van der Waals surface area contributed by atoms with Gasteiger partial charge in [-0.1, -0.05) is 41.9 Å². The first-order valence-corrected chi connectivity index (χ1v) is 12.5. The molecule has 0 fully saturated rings. The number of sulfonamides is 1. The van der Waals surface area contributed by atoms with Crippen LogP contribution in [0.25, 0.3) is 6.08 Å². The Morgan fingerprint density at radius 2 is 1.74 bits per heavy atom. The van der Waals surface area contributed by atoms with Crippen molar-refractivity contribution in [2.24, 2.45) is 0 Å². The summed E-state index contributed by atoms with van der Waals surface area (Å²) in [6.07, 6.45) is 2.08. The molecule has 3 aromatic rings. The topological polar surface area (TPSA) is 93.7 Å². The van der Waals surface area contributed by atoms with Crippen LogP contribution in [0.4, 0.5) is 5.69 Å². The van der Waals surface area contributed by atoms with Crippen molar-refractivity contribution in [3.05, 3.63) is 93.9 Å². The fourth-order valence-electron chi connectivity index (χ4n) is 3.35. The first-order chi connectivity index (χ1) is 16.4. The maximum absolute atomic E-state index is 12.5. The van der Waals surface area contributed by atoms with Crippen LogP contribution < -0.4 is 19.5 Å². The van der Waals surface area contributed by atoms with E-state index in [2.05, 4.69) is 10.0 Å². The number of carbonyl (C=O) groups is 1. The summed E-state index contributed by atoms with van der Waals surface area (Å²) in [6, 6.07) is 19.0. The Labute approximate surface area is 203 Å². The molecule has 0 bridgehead atoms. The standard InChI is InChI=1S/C25H23ClN2O5S/c26-22-16-19(17-23-24(22)33-14-13-32-23)10-12-27-25(29)20-6-8-21(9-7-20)28-34(30,31)15-11-18-4-2-1-3-5-18/h1-9,11,15-17,28H,10,12-14H2,(H,27,29)/b15-11+. The molecule has 34 heavy (non-hydrogen) atoms. The van der Waals surface area contributed by atoms with Crippen molar-refractivity contribution in [1.82, 2.24) is 5.32 Å². The molecule has 0 spiro atoms. The van der Waals surface area contributed by atoms with Gasteiger partial charge in [0.15, 0.2) is 11.5 Å². The highest BCUT2D eigenvalue weighted by Gasteiger charge is 2.16. The number of fused-ring (bicyclic) bond motifs is 1. The molecule has 1 heterocycles. The number of nitrogens with one attached hydrogen (secondary N) is 2. The minimum absolute atomic E-state index is 0.262. The van der Waals surface area contributed by atoms with E-state index < -0.39 is 10.0 Å². The molecule has 1 aliphatic heterocycles. The summed E-state index contributed by atoms with van der Waals surface area (Å²) >= 11 is 6.25. The molecule has 0 unspecified atom stereocenters. The van der Waals surface area contributed by atoms with Gasteiger partial charge in [-0.3, -0.25) is 9.52 Å². The van der Waals surface area contributed by atoms with Crippen molar-refractivity contribution in [2.45, 2.75) is 6.42 Å². The van der Waals surface area contributed by atoms with Crippen LogP contribution in [-0.2, 0) is 16.4 Å². The summed E-state index contributed by atoms with van der Waals surface area (Å²) in [6.45, 7) is 1.33. The molecular formula is C25H23ClN2O5S. The lowest BCUT2D eigenvalue weighted by molar-refractivity contribution is 0.0954. The summed E-state index contributed by atoms with van der Waals surface area (Å²) in [5, 5.41) is 4.44. The maximum atomic E-state index is 12.5. The number of benzene rings is 3. The van der Waals surface area contributed by atoms with E-state index >= 15 is 0 Å². The summed E-state index contributed by atoms with van der Waals surface area (Å²) in [7, 11) is -3.68. The van der Waals surface area contributed by atoms with E-state index in [1.165, 1.54) is 6.08 Å². The quantitative estimate of drug-likeness (QED) is 0.477. The van der Waals surface area contributed by atoms with Gasteiger partial charge in [-0.05, 0) is 60.0 Å². The number of hydrogen-bond donors (Lipinski definition) is 2. The van der Waals surface area contributed by atoms with Crippen molar-refractivity contribution in [3.8, 4) is 11.5 Å². The number of ether oxygens (including phenoxy) is 2. The first kappa shape index (κ1) is 23.7. The summed E-state index contributed by atoms with van der Waals surface area (Å²) in [5.74, 6) is 0.894. The van der Waals surface area contributed by atoms with E-state index in [9.17, 15) is 13.2 Å². The van der Waals surface area contributed by atoms with Gasteiger partial charge in [0, 0.05) is 17.8 Å². The summed E-state index contributed by atoms with van der Waals surface area (Å²) < 4.78 is 38.1. The smallest absolute Gasteiger partial charge is 0.255 e. The van der Waals surface area contributed by atoms with Crippen LogP contribution in [0.2, 0.25) is 5.02 Å². The van der Waals surface area contributed by atoms with Crippen LogP contribution >= 0.6 is 11.6 Å². The SMILES string of the molecule is O=C(NCCc1cc(Cl)c2c(c1)OCCO2)c1ccc(NS(=O)(=O)/C=C/c2ccccc2)cc1. The van der Waals surface area contributed by atoms with Crippen LogP contribution in [0.1, 0.15) is 21.5 Å². The lowest BCUT2D eigenvalue weighted by Gasteiger charge is -2.20.